The van der Waals surface area contributed by atoms with Crippen molar-refractivity contribution < 1.29 is 28.9 Å². The topological polar surface area (TPSA) is 98.2 Å². The van der Waals surface area contributed by atoms with E-state index < -0.39 is 17.7 Å². The van der Waals surface area contributed by atoms with Crippen LogP contribution in [0.1, 0.15) is 35.2 Å². The van der Waals surface area contributed by atoms with Gasteiger partial charge in [0, 0.05) is 5.56 Å². The molecule has 0 radical (unpaired) electrons. The number of ether oxygens (including phenoxy) is 3. The van der Waals surface area contributed by atoms with Crippen molar-refractivity contribution >= 4 is 44.1 Å². The number of aliphatic hydroxyl groups is 1. The van der Waals surface area contributed by atoms with E-state index in [9.17, 15) is 14.7 Å². The molecule has 1 unspecified atom stereocenters. The summed E-state index contributed by atoms with van der Waals surface area (Å²) >= 11 is 1.27. The maximum atomic E-state index is 13.7. The van der Waals surface area contributed by atoms with Gasteiger partial charge in [-0.2, -0.15) is 0 Å². The molecule has 1 saturated heterocycles. The number of anilines is 1. The van der Waals surface area contributed by atoms with Crippen molar-refractivity contribution in [2.45, 2.75) is 26.5 Å². The molecule has 1 fully saturated rings. The lowest BCUT2D eigenvalue weighted by Gasteiger charge is -2.24. The number of carbonyl (C=O) groups is 2. The Hall–Kier alpha value is -5.15. The number of rotatable bonds is 9. The normalized spacial score (nSPS) is 16.0. The highest BCUT2D eigenvalue weighted by atomic mass is 32.1. The number of amides is 1. The molecule has 1 aliphatic heterocycles. The molecule has 6 rings (SSSR count). The van der Waals surface area contributed by atoms with E-state index in [0.717, 1.165) is 15.8 Å². The fourth-order valence-corrected chi connectivity index (χ4v) is 6.19. The second kappa shape index (κ2) is 12.2. The van der Waals surface area contributed by atoms with Crippen molar-refractivity contribution in [3.05, 3.63) is 119 Å². The zero-order valence-corrected chi connectivity index (χ0v) is 25.3. The number of carbonyl (C=O) groups excluding carboxylic acids is 2. The first-order chi connectivity index (χ1) is 21.4. The summed E-state index contributed by atoms with van der Waals surface area (Å²) in [6.07, 6.45) is 0. The molecule has 0 bridgehead atoms. The van der Waals surface area contributed by atoms with E-state index in [4.69, 9.17) is 19.2 Å². The molecular weight excluding hydrogens is 576 g/mol. The quantitative estimate of drug-likeness (QED) is 0.107. The lowest BCUT2D eigenvalue weighted by Crippen LogP contribution is -2.29. The van der Waals surface area contributed by atoms with Crippen LogP contribution in [-0.2, 0) is 16.2 Å². The number of nitrogens with zero attached hydrogens (tertiary/aromatic N) is 2. The molecule has 0 aliphatic carbocycles. The van der Waals surface area contributed by atoms with E-state index in [1.807, 2.05) is 74.5 Å². The summed E-state index contributed by atoms with van der Waals surface area (Å²) in [5.41, 5.74) is 3.60. The number of Topliss-reactive ketones (excluding diaryl/α,β-unsaturated/α-hetero) is 1. The van der Waals surface area contributed by atoms with Crippen LogP contribution in [0.25, 0.3) is 16.0 Å². The first kappa shape index (κ1) is 28.9. The maximum Gasteiger partial charge on any atom is 0.301 e. The molecule has 2 heterocycles. The van der Waals surface area contributed by atoms with Crippen LogP contribution in [0, 0.1) is 6.92 Å². The van der Waals surface area contributed by atoms with Crippen LogP contribution >= 0.6 is 11.3 Å². The molecule has 1 aliphatic rings. The molecule has 222 valence electrons. The van der Waals surface area contributed by atoms with E-state index in [-0.39, 0.29) is 11.3 Å². The molecular formula is C35H30N2O6S. The van der Waals surface area contributed by atoms with Crippen molar-refractivity contribution in [1.29, 1.82) is 0 Å². The number of ketones is 1. The third kappa shape index (κ3) is 5.49. The third-order valence-electron chi connectivity index (χ3n) is 7.38. The van der Waals surface area contributed by atoms with Gasteiger partial charge in [-0.05, 0) is 55.3 Å². The summed E-state index contributed by atoms with van der Waals surface area (Å²) in [5.74, 6) is -0.242. The average molecular weight is 607 g/mol. The Bertz CT molecular complexity index is 1880. The fourth-order valence-electron chi connectivity index (χ4n) is 5.17. The standard InChI is InChI=1S/C35H30N2O6S/c1-4-42-25-15-16-26-29(19-25)44-35(36-26)37-31(30(33(39)34(37)40)32(38)23-12-10-21(2)11-13-23)24-14-17-27(28(18-24)41-3)43-20-22-8-6-5-7-9-22/h5-19,31,38H,4,20H2,1-3H3. The Morgan fingerprint density at radius 1 is 0.932 bits per heavy atom. The van der Waals surface area contributed by atoms with Crippen LogP contribution in [0.3, 0.4) is 0 Å². The number of hydrogen-bond acceptors (Lipinski definition) is 8. The molecule has 0 saturated carbocycles. The Labute approximate surface area is 258 Å². The van der Waals surface area contributed by atoms with E-state index in [0.29, 0.717) is 52.2 Å². The van der Waals surface area contributed by atoms with E-state index in [1.54, 1.807) is 30.3 Å². The predicted octanol–water partition coefficient (Wildman–Crippen LogP) is 7.22. The lowest BCUT2D eigenvalue weighted by atomic mass is 9.95. The summed E-state index contributed by atoms with van der Waals surface area (Å²) in [5, 5.41) is 11.8. The second-order valence-corrected chi connectivity index (χ2v) is 11.3. The number of hydrogen-bond donors (Lipinski definition) is 1. The van der Waals surface area contributed by atoms with Gasteiger partial charge < -0.3 is 19.3 Å². The zero-order chi connectivity index (χ0) is 30.8. The number of methoxy groups -OCH3 is 1. The molecule has 1 N–H and O–H groups in total. The molecule has 1 aromatic heterocycles. The maximum absolute atomic E-state index is 13.7. The number of aryl methyl sites for hydroxylation is 1. The Morgan fingerprint density at radius 3 is 2.43 bits per heavy atom. The van der Waals surface area contributed by atoms with E-state index in [2.05, 4.69) is 0 Å². The lowest BCUT2D eigenvalue weighted by molar-refractivity contribution is -0.132. The fraction of sp³-hybridized carbons (Fsp3) is 0.171. The summed E-state index contributed by atoms with van der Waals surface area (Å²) in [4.78, 5) is 33.5. The van der Waals surface area contributed by atoms with Crippen molar-refractivity contribution in [3.63, 3.8) is 0 Å². The molecule has 1 atom stereocenters. The minimum atomic E-state index is -0.972. The Balaban J connectivity index is 1.47. The van der Waals surface area contributed by atoms with Crippen LogP contribution in [0.4, 0.5) is 5.13 Å². The number of aliphatic hydroxyl groups excluding tert-OH is 1. The monoisotopic (exact) mass is 606 g/mol. The first-order valence-corrected chi connectivity index (χ1v) is 15.0. The number of fused-ring (bicyclic) bond motifs is 1. The highest BCUT2D eigenvalue weighted by Crippen LogP contribution is 2.46. The van der Waals surface area contributed by atoms with Crippen molar-refractivity contribution in [2.75, 3.05) is 18.6 Å². The molecule has 0 spiro atoms. The molecule has 4 aromatic carbocycles. The Morgan fingerprint density at radius 2 is 1.70 bits per heavy atom. The summed E-state index contributed by atoms with van der Waals surface area (Å²) in [6, 6.07) is 26.7. The van der Waals surface area contributed by atoms with Gasteiger partial charge in [0.25, 0.3) is 5.78 Å². The van der Waals surface area contributed by atoms with Gasteiger partial charge in [-0.25, -0.2) is 4.98 Å². The highest BCUT2D eigenvalue weighted by Gasteiger charge is 2.48. The highest BCUT2D eigenvalue weighted by molar-refractivity contribution is 7.22. The molecule has 44 heavy (non-hydrogen) atoms. The molecule has 5 aromatic rings. The van der Waals surface area contributed by atoms with Crippen LogP contribution in [0.2, 0.25) is 0 Å². The van der Waals surface area contributed by atoms with Crippen molar-refractivity contribution in [1.82, 2.24) is 4.98 Å². The minimum Gasteiger partial charge on any atom is -0.507 e. The average Bonchev–Trinajstić information content (AvgIpc) is 3.58. The van der Waals surface area contributed by atoms with Gasteiger partial charge in [0.1, 0.15) is 18.1 Å². The van der Waals surface area contributed by atoms with Gasteiger partial charge in [-0.15, -0.1) is 0 Å². The smallest absolute Gasteiger partial charge is 0.301 e. The largest absolute Gasteiger partial charge is 0.507 e. The first-order valence-electron chi connectivity index (χ1n) is 14.1. The van der Waals surface area contributed by atoms with Gasteiger partial charge in [0.05, 0.1) is 35.5 Å². The minimum absolute atomic E-state index is 0.0341. The summed E-state index contributed by atoms with van der Waals surface area (Å²) < 4.78 is 18.2. The SMILES string of the molecule is CCOc1ccc2nc(N3C(=O)C(=O)C(=C(O)c4ccc(C)cc4)C3c3ccc(OCc4ccccc4)c(OC)c3)sc2c1. The number of benzene rings is 4. The van der Waals surface area contributed by atoms with Crippen LogP contribution in [-0.4, -0.2) is 35.5 Å². The number of thiazole rings is 1. The van der Waals surface area contributed by atoms with Crippen molar-refractivity contribution in [2.24, 2.45) is 0 Å². The van der Waals surface area contributed by atoms with Gasteiger partial charge in [-0.1, -0.05) is 77.6 Å². The van der Waals surface area contributed by atoms with Gasteiger partial charge in [0.2, 0.25) is 0 Å². The molecule has 9 heteroatoms. The summed E-state index contributed by atoms with van der Waals surface area (Å²) in [7, 11) is 1.53. The molecule has 8 nitrogen and oxygen atoms in total. The predicted molar refractivity (Wildman–Crippen MR) is 171 cm³/mol. The zero-order valence-electron chi connectivity index (χ0n) is 24.4. The number of aromatic nitrogens is 1. The third-order valence-corrected chi connectivity index (χ3v) is 8.39. The molecule has 1 amide bonds. The van der Waals surface area contributed by atoms with Crippen LogP contribution in [0.15, 0.2) is 96.6 Å². The second-order valence-electron chi connectivity index (χ2n) is 10.3. The van der Waals surface area contributed by atoms with Crippen LogP contribution < -0.4 is 19.1 Å². The van der Waals surface area contributed by atoms with Crippen LogP contribution in [0.5, 0.6) is 17.2 Å². The van der Waals surface area contributed by atoms with E-state index >= 15 is 0 Å². The van der Waals surface area contributed by atoms with Gasteiger partial charge in [-0.3, -0.25) is 14.5 Å². The Kier molecular flexibility index (Phi) is 8.04. The van der Waals surface area contributed by atoms with Gasteiger partial charge in [0.15, 0.2) is 16.6 Å². The summed E-state index contributed by atoms with van der Waals surface area (Å²) in [6.45, 7) is 4.68. The van der Waals surface area contributed by atoms with E-state index in [1.165, 1.54) is 23.3 Å². The van der Waals surface area contributed by atoms with Crippen molar-refractivity contribution in [3.8, 4) is 17.2 Å². The van der Waals surface area contributed by atoms with Gasteiger partial charge >= 0.3 is 5.91 Å².